The number of fused-ring (bicyclic) bond motifs is 8. The van der Waals surface area contributed by atoms with Gasteiger partial charge in [-0.3, -0.25) is 0 Å². The van der Waals surface area contributed by atoms with Crippen LogP contribution in [0.25, 0.3) is 111 Å². The molecule has 292 valence electrons. The van der Waals surface area contributed by atoms with Crippen LogP contribution in [-0.2, 0) is 5.41 Å². The highest BCUT2D eigenvalue weighted by Crippen LogP contribution is 2.49. The van der Waals surface area contributed by atoms with Crippen molar-refractivity contribution in [2.75, 3.05) is 0 Å². The van der Waals surface area contributed by atoms with E-state index in [1.807, 2.05) is 30.3 Å². The standard InChI is InChI=1S/C56H37N5S/c1-56(2)46-14-8-6-12-42(46)43-29-28-41(32-47(43)56)36-18-24-38(25-19-36)51-33-50(58-55(59-51)40-10-4-3-5-11-40)37-22-16-34(17-23-37)35-20-26-39(27-21-35)53-45-30-31-49-54(61-62-60-49)52(45)44-13-7-9-15-48(44)57-53/h3-33H,1-2H3. The number of hydrogen-bond acceptors (Lipinski definition) is 6. The second-order valence-electron chi connectivity index (χ2n) is 16.6. The van der Waals surface area contributed by atoms with Gasteiger partial charge in [0.05, 0.1) is 34.3 Å². The fourth-order valence-corrected chi connectivity index (χ4v) is 9.88. The average Bonchev–Trinajstić information content (AvgIpc) is 3.91. The SMILES string of the molecule is CC1(C)c2ccccc2-c2ccc(-c3ccc(-c4cc(-c5ccc(-c6ccc(-c7nc8ccccc8c8c7ccc7nsnc78)cc6)cc5)nc(-c5ccccc5)n4)cc3)cc21. The molecule has 8 aromatic carbocycles. The Balaban J connectivity index is 0.860. The Morgan fingerprint density at radius 1 is 0.387 bits per heavy atom. The topological polar surface area (TPSA) is 64.5 Å². The van der Waals surface area contributed by atoms with Gasteiger partial charge in [0.1, 0.15) is 11.0 Å². The Labute approximate surface area is 363 Å². The first-order valence-corrected chi connectivity index (χ1v) is 21.6. The Morgan fingerprint density at radius 3 is 1.69 bits per heavy atom. The molecule has 6 heteroatoms. The molecule has 0 spiro atoms. The number of benzene rings is 8. The van der Waals surface area contributed by atoms with Crippen molar-refractivity contribution in [3.63, 3.8) is 0 Å². The highest BCUT2D eigenvalue weighted by atomic mass is 32.1. The molecule has 0 saturated heterocycles. The molecule has 0 N–H and O–H groups in total. The van der Waals surface area contributed by atoms with Crippen molar-refractivity contribution in [3.05, 3.63) is 199 Å². The molecule has 0 bridgehead atoms. The normalized spacial score (nSPS) is 12.8. The zero-order chi connectivity index (χ0) is 41.4. The quantitative estimate of drug-likeness (QED) is 0.157. The maximum atomic E-state index is 5.15. The van der Waals surface area contributed by atoms with Crippen molar-refractivity contribution in [3.8, 4) is 78.5 Å². The minimum atomic E-state index is -0.0455. The van der Waals surface area contributed by atoms with Gasteiger partial charge in [-0.05, 0) is 74.8 Å². The van der Waals surface area contributed by atoms with Gasteiger partial charge in [-0.15, -0.1) is 0 Å². The molecule has 11 aromatic rings. The second-order valence-corrected chi connectivity index (χ2v) is 17.1. The fourth-order valence-electron chi connectivity index (χ4n) is 9.34. The first-order chi connectivity index (χ1) is 30.5. The van der Waals surface area contributed by atoms with Gasteiger partial charge in [-0.2, -0.15) is 8.75 Å². The van der Waals surface area contributed by atoms with Crippen LogP contribution in [0.15, 0.2) is 188 Å². The lowest BCUT2D eigenvalue weighted by Gasteiger charge is -2.22. The van der Waals surface area contributed by atoms with E-state index in [2.05, 4.69) is 180 Å². The lowest BCUT2D eigenvalue weighted by Crippen LogP contribution is -2.14. The number of hydrogen-bond donors (Lipinski definition) is 0. The lowest BCUT2D eigenvalue weighted by atomic mass is 9.81. The van der Waals surface area contributed by atoms with Crippen LogP contribution in [0.1, 0.15) is 25.0 Å². The Hall–Kier alpha value is -7.67. The minimum absolute atomic E-state index is 0.0455. The zero-order valence-corrected chi connectivity index (χ0v) is 34.9. The van der Waals surface area contributed by atoms with E-state index >= 15 is 0 Å². The van der Waals surface area contributed by atoms with Crippen molar-refractivity contribution < 1.29 is 0 Å². The van der Waals surface area contributed by atoms with Gasteiger partial charge in [0.25, 0.3) is 0 Å². The van der Waals surface area contributed by atoms with Crippen LogP contribution in [0.5, 0.6) is 0 Å². The van der Waals surface area contributed by atoms with E-state index in [-0.39, 0.29) is 5.41 Å². The highest BCUT2D eigenvalue weighted by Gasteiger charge is 2.35. The summed E-state index contributed by atoms with van der Waals surface area (Å²) in [4.78, 5) is 15.4. The smallest absolute Gasteiger partial charge is 0.160 e. The Kier molecular flexibility index (Phi) is 8.31. The number of para-hydroxylation sites is 1. The molecule has 62 heavy (non-hydrogen) atoms. The molecule has 0 saturated carbocycles. The maximum Gasteiger partial charge on any atom is 0.160 e. The first kappa shape index (κ1) is 36.2. The van der Waals surface area contributed by atoms with Crippen molar-refractivity contribution in [1.82, 2.24) is 23.7 Å². The van der Waals surface area contributed by atoms with Crippen LogP contribution in [0.4, 0.5) is 0 Å². The average molecular weight is 812 g/mol. The molecular weight excluding hydrogens is 775 g/mol. The summed E-state index contributed by atoms with van der Waals surface area (Å²) in [5.41, 5.74) is 19.6. The number of rotatable bonds is 6. The molecule has 5 nitrogen and oxygen atoms in total. The van der Waals surface area contributed by atoms with Crippen molar-refractivity contribution in [2.45, 2.75) is 19.3 Å². The van der Waals surface area contributed by atoms with Crippen molar-refractivity contribution in [1.29, 1.82) is 0 Å². The van der Waals surface area contributed by atoms with Crippen LogP contribution in [-0.4, -0.2) is 23.7 Å². The fraction of sp³-hybridized carbons (Fsp3) is 0.0536. The molecule has 1 aliphatic rings. The third-order valence-electron chi connectivity index (χ3n) is 12.6. The summed E-state index contributed by atoms with van der Waals surface area (Å²) in [7, 11) is 0. The summed E-state index contributed by atoms with van der Waals surface area (Å²) in [5, 5.41) is 3.27. The number of nitrogens with zero attached hydrogens (tertiary/aromatic N) is 5. The molecule has 0 unspecified atom stereocenters. The van der Waals surface area contributed by atoms with Gasteiger partial charge in [0.15, 0.2) is 5.82 Å². The molecule has 12 rings (SSSR count). The molecule has 0 atom stereocenters. The van der Waals surface area contributed by atoms with E-state index in [4.69, 9.17) is 15.0 Å². The number of pyridine rings is 1. The van der Waals surface area contributed by atoms with E-state index in [0.717, 1.165) is 83.2 Å². The molecule has 0 radical (unpaired) electrons. The van der Waals surface area contributed by atoms with Crippen LogP contribution < -0.4 is 0 Å². The van der Waals surface area contributed by atoms with E-state index in [0.29, 0.717) is 5.82 Å². The molecule has 0 aliphatic heterocycles. The Morgan fingerprint density at radius 2 is 0.968 bits per heavy atom. The van der Waals surface area contributed by atoms with Crippen molar-refractivity contribution >= 4 is 44.4 Å². The van der Waals surface area contributed by atoms with Gasteiger partial charge >= 0.3 is 0 Å². The monoisotopic (exact) mass is 811 g/mol. The summed E-state index contributed by atoms with van der Waals surface area (Å²) in [6, 6.07) is 66.7. The van der Waals surface area contributed by atoms with Gasteiger partial charge < -0.3 is 0 Å². The maximum absolute atomic E-state index is 5.15. The summed E-state index contributed by atoms with van der Waals surface area (Å²) < 4.78 is 9.20. The molecule has 0 amide bonds. The third-order valence-corrected chi connectivity index (χ3v) is 13.2. The van der Waals surface area contributed by atoms with Crippen LogP contribution in [0.2, 0.25) is 0 Å². The van der Waals surface area contributed by atoms with Crippen molar-refractivity contribution in [2.24, 2.45) is 0 Å². The first-order valence-electron chi connectivity index (χ1n) is 20.9. The van der Waals surface area contributed by atoms with E-state index in [1.165, 1.54) is 45.1 Å². The summed E-state index contributed by atoms with van der Waals surface area (Å²) in [6.07, 6.45) is 0. The molecular formula is C56H37N5S. The second kappa shape index (κ2) is 14.2. The summed E-state index contributed by atoms with van der Waals surface area (Å²) in [6.45, 7) is 4.66. The van der Waals surface area contributed by atoms with E-state index in [1.54, 1.807) is 0 Å². The molecule has 0 fully saturated rings. The lowest BCUT2D eigenvalue weighted by molar-refractivity contribution is 0.660. The molecule has 1 aliphatic carbocycles. The van der Waals surface area contributed by atoms with Crippen LogP contribution in [0.3, 0.4) is 0 Å². The van der Waals surface area contributed by atoms with Gasteiger partial charge in [-0.1, -0.05) is 172 Å². The predicted molar refractivity (Wildman–Crippen MR) is 256 cm³/mol. The van der Waals surface area contributed by atoms with Gasteiger partial charge in [0, 0.05) is 43.8 Å². The zero-order valence-electron chi connectivity index (χ0n) is 34.0. The molecule has 3 aromatic heterocycles. The summed E-state index contributed by atoms with van der Waals surface area (Å²) >= 11 is 1.25. The van der Waals surface area contributed by atoms with E-state index < -0.39 is 0 Å². The highest BCUT2D eigenvalue weighted by molar-refractivity contribution is 7.00. The number of aromatic nitrogens is 5. The van der Waals surface area contributed by atoms with Gasteiger partial charge in [-0.25, -0.2) is 15.0 Å². The summed E-state index contributed by atoms with van der Waals surface area (Å²) in [5.74, 6) is 0.698. The van der Waals surface area contributed by atoms with Crippen LogP contribution in [0, 0.1) is 0 Å². The van der Waals surface area contributed by atoms with Gasteiger partial charge in [0.2, 0.25) is 0 Å². The predicted octanol–water partition coefficient (Wildman–Crippen LogP) is 14.5. The van der Waals surface area contributed by atoms with E-state index in [9.17, 15) is 0 Å². The minimum Gasteiger partial charge on any atom is -0.247 e. The van der Waals surface area contributed by atoms with Crippen LogP contribution >= 0.6 is 11.7 Å². The Bertz CT molecular complexity index is 3520. The largest absolute Gasteiger partial charge is 0.247 e. The molecule has 3 heterocycles. The third kappa shape index (κ3) is 5.94.